The van der Waals surface area contributed by atoms with Gasteiger partial charge in [0.1, 0.15) is 0 Å². The molecule has 5 nitrogen and oxygen atoms in total. The van der Waals surface area contributed by atoms with E-state index in [1.165, 1.54) is 0 Å². The highest BCUT2D eigenvalue weighted by Gasteiger charge is 2.45. The maximum absolute atomic E-state index is 12.2. The fourth-order valence-corrected chi connectivity index (χ4v) is 2.80. The molecule has 1 aliphatic heterocycles. The maximum atomic E-state index is 12.2. The quantitative estimate of drug-likeness (QED) is 0.794. The van der Waals surface area contributed by atoms with E-state index in [9.17, 15) is 9.59 Å². The van der Waals surface area contributed by atoms with Gasteiger partial charge in [-0.3, -0.25) is 9.59 Å². The van der Waals surface area contributed by atoms with Crippen molar-refractivity contribution in [2.24, 2.45) is 5.41 Å². The van der Waals surface area contributed by atoms with Crippen LogP contribution in [0, 0.1) is 5.41 Å². The number of carbonyl (C=O) groups excluding carboxylic acids is 1. The molecular formula is C13H21NO4. The van der Waals surface area contributed by atoms with Gasteiger partial charge in [-0.05, 0) is 19.8 Å². The summed E-state index contributed by atoms with van der Waals surface area (Å²) in [4.78, 5) is 23.2. The summed E-state index contributed by atoms with van der Waals surface area (Å²) >= 11 is 0. The predicted octanol–water partition coefficient (Wildman–Crippen LogP) is 1.32. The summed E-state index contributed by atoms with van der Waals surface area (Å²) in [6, 6.07) is 0. The van der Waals surface area contributed by atoms with Crippen LogP contribution in [0.4, 0.5) is 0 Å². The molecule has 2 aliphatic rings. The number of rotatable bonds is 4. The van der Waals surface area contributed by atoms with Crippen LogP contribution in [-0.2, 0) is 14.3 Å². The first-order valence-electron chi connectivity index (χ1n) is 6.58. The Kier molecular flexibility index (Phi) is 3.61. The molecule has 0 aromatic carbocycles. The summed E-state index contributed by atoms with van der Waals surface area (Å²) in [5, 5.41) is 12.0. The second kappa shape index (κ2) is 4.88. The van der Waals surface area contributed by atoms with Crippen molar-refractivity contribution in [1.29, 1.82) is 0 Å². The first-order valence-corrected chi connectivity index (χ1v) is 6.58. The molecule has 1 saturated carbocycles. The number of carbonyl (C=O) groups is 2. The van der Waals surface area contributed by atoms with Crippen LogP contribution in [0.15, 0.2) is 0 Å². The lowest BCUT2D eigenvalue weighted by Crippen LogP contribution is -2.59. The Morgan fingerprint density at radius 1 is 1.22 bits per heavy atom. The summed E-state index contributed by atoms with van der Waals surface area (Å²) in [5.74, 6) is -0.899. The summed E-state index contributed by atoms with van der Waals surface area (Å²) in [7, 11) is 0. The zero-order valence-corrected chi connectivity index (χ0v) is 10.8. The van der Waals surface area contributed by atoms with Gasteiger partial charge < -0.3 is 15.2 Å². The van der Waals surface area contributed by atoms with E-state index in [1.54, 1.807) is 0 Å². The third kappa shape index (κ3) is 2.66. The van der Waals surface area contributed by atoms with Gasteiger partial charge in [-0.15, -0.1) is 0 Å². The molecule has 0 unspecified atom stereocenters. The summed E-state index contributed by atoms with van der Waals surface area (Å²) < 4.78 is 5.09. The first kappa shape index (κ1) is 13.3. The van der Waals surface area contributed by atoms with E-state index < -0.39 is 16.9 Å². The van der Waals surface area contributed by atoms with E-state index in [1.807, 2.05) is 6.92 Å². The van der Waals surface area contributed by atoms with Crippen molar-refractivity contribution in [3.63, 3.8) is 0 Å². The average molecular weight is 255 g/mol. The second-order valence-corrected chi connectivity index (χ2v) is 5.92. The lowest BCUT2D eigenvalue weighted by atomic mass is 9.77. The summed E-state index contributed by atoms with van der Waals surface area (Å²) in [6.07, 6.45) is 4.65. The highest BCUT2D eigenvalue weighted by atomic mass is 16.5. The minimum absolute atomic E-state index is 0.0235. The van der Waals surface area contributed by atoms with Crippen molar-refractivity contribution in [2.75, 3.05) is 13.2 Å². The smallest absolute Gasteiger partial charge is 0.305 e. The number of hydrogen-bond donors (Lipinski definition) is 2. The zero-order chi connectivity index (χ0) is 13.2. The standard InChI is InChI=1S/C13H21NO4/c1-12(8-18-9-12)11(17)14-13(7-10(15)16)5-3-2-4-6-13/h2-9H2,1H3,(H,14,17)(H,15,16). The van der Waals surface area contributed by atoms with Crippen molar-refractivity contribution in [2.45, 2.75) is 51.0 Å². The fourth-order valence-electron chi connectivity index (χ4n) is 2.80. The van der Waals surface area contributed by atoms with Crippen molar-refractivity contribution in [1.82, 2.24) is 5.32 Å². The normalized spacial score (nSPS) is 24.9. The van der Waals surface area contributed by atoms with Gasteiger partial charge in [-0.1, -0.05) is 19.3 Å². The SMILES string of the molecule is CC1(C(=O)NC2(CC(=O)O)CCCCC2)COC1. The fraction of sp³-hybridized carbons (Fsp3) is 0.846. The topological polar surface area (TPSA) is 75.6 Å². The van der Waals surface area contributed by atoms with E-state index in [0.717, 1.165) is 32.1 Å². The molecule has 0 atom stereocenters. The van der Waals surface area contributed by atoms with Gasteiger partial charge in [0.25, 0.3) is 0 Å². The molecule has 0 spiro atoms. The number of hydrogen-bond acceptors (Lipinski definition) is 3. The summed E-state index contributed by atoms with van der Waals surface area (Å²) in [6.45, 7) is 2.73. The van der Waals surface area contributed by atoms with Crippen molar-refractivity contribution < 1.29 is 19.4 Å². The number of aliphatic carboxylic acids is 1. The Hall–Kier alpha value is -1.10. The van der Waals surface area contributed by atoms with Gasteiger partial charge in [0.2, 0.25) is 5.91 Å². The van der Waals surface area contributed by atoms with E-state index in [2.05, 4.69) is 5.32 Å². The molecule has 1 aliphatic carbocycles. The Bertz CT molecular complexity index is 343. The Balaban J connectivity index is 2.04. The maximum Gasteiger partial charge on any atom is 0.305 e. The number of carboxylic acids is 1. The van der Waals surface area contributed by atoms with E-state index in [-0.39, 0.29) is 12.3 Å². The molecule has 1 saturated heterocycles. The number of ether oxygens (including phenoxy) is 1. The van der Waals surface area contributed by atoms with Gasteiger partial charge in [0.05, 0.1) is 30.6 Å². The van der Waals surface area contributed by atoms with Crippen LogP contribution in [0.1, 0.15) is 45.4 Å². The number of carboxylic acid groups (broad SMARTS) is 1. The zero-order valence-electron chi connectivity index (χ0n) is 10.8. The lowest BCUT2D eigenvalue weighted by molar-refractivity contribution is -0.160. The van der Waals surface area contributed by atoms with Crippen LogP contribution in [0.25, 0.3) is 0 Å². The molecule has 0 bridgehead atoms. The monoisotopic (exact) mass is 255 g/mol. The van der Waals surface area contributed by atoms with Gasteiger partial charge in [0, 0.05) is 0 Å². The Labute approximate surface area is 107 Å². The summed E-state index contributed by atoms with van der Waals surface area (Å²) in [5.41, 5.74) is -1.01. The van der Waals surface area contributed by atoms with Gasteiger partial charge in [-0.25, -0.2) is 0 Å². The second-order valence-electron chi connectivity index (χ2n) is 5.92. The van der Waals surface area contributed by atoms with Crippen LogP contribution in [0.3, 0.4) is 0 Å². The molecule has 0 aromatic rings. The molecule has 5 heteroatoms. The minimum atomic E-state index is -0.841. The van der Waals surface area contributed by atoms with Gasteiger partial charge >= 0.3 is 5.97 Å². The van der Waals surface area contributed by atoms with Crippen LogP contribution in [0.5, 0.6) is 0 Å². The average Bonchev–Trinajstić information content (AvgIpc) is 2.25. The van der Waals surface area contributed by atoms with Crippen LogP contribution < -0.4 is 5.32 Å². The molecule has 102 valence electrons. The van der Waals surface area contributed by atoms with Crippen molar-refractivity contribution >= 4 is 11.9 Å². The highest BCUT2D eigenvalue weighted by Crippen LogP contribution is 2.34. The Morgan fingerprint density at radius 3 is 2.28 bits per heavy atom. The van der Waals surface area contributed by atoms with E-state index in [0.29, 0.717) is 13.2 Å². The van der Waals surface area contributed by atoms with Crippen molar-refractivity contribution in [3.05, 3.63) is 0 Å². The van der Waals surface area contributed by atoms with Crippen LogP contribution in [-0.4, -0.2) is 35.7 Å². The molecule has 2 fully saturated rings. The molecule has 1 heterocycles. The molecule has 2 N–H and O–H groups in total. The van der Waals surface area contributed by atoms with E-state index >= 15 is 0 Å². The molecular weight excluding hydrogens is 234 g/mol. The van der Waals surface area contributed by atoms with Crippen LogP contribution in [0.2, 0.25) is 0 Å². The number of amides is 1. The largest absolute Gasteiger partial charge is 0.481 e. The third-order valence-electron chi connectivity index (χ3n) is 4.07. The molecule has 0 radical (unpaired) electrons. The van der Waals surface area contributed by atoms with Crippen molar-refractivity contribution in [3.8, 4) is 0 Å². The Morgan fingerprint density at radius 2 is 1.83 bits per heavy atom. The van der Waals surface area contributed by atoms with E-state index in [4.69, 9.17) is 9.84 Å². The highest BCUT2D eigenvalue weighted by molar-refractivity contribution is 5.84. The van der Waals surface area contributed by atoms with Crippen LogP contribution >= 0.6 is 0 Å². The predicted molar refractivity (Wildman–Crippen MR) is 65.1 cm³/mol. The third-order valence-corrected chi connectivity index (χ3v) is 4.07. The molecule has 1 amide bonds. The van der Waals surface area contributed by atoms with Gasteiger partial charge in [-0.2, -0.15) is 0 Å². The molecule has 18 heavy (non-hydrogen) atoms. The first-order chi connectivity index (χ1) is 8.46. The van der Waals surface area contributed by atoms with Gasteiger partial charge in [0.15, 0.2) is 0 Å². The molecule has 0 aromatic heterocycles. The number of nitrogens with one attached hydrogen (secondary N) is 1. The minimum Gasteiger partial charge on any atom is -0.481 e. The molecule has 2 rings (SSSR count). The lowest BCUT2D eigenvalue weighted by Gasteiger charge is -2.43.